The van der Waals surface area contributed by atoms with E-state index in [1.54, 1.807) is 7.05 Å². The summed E-state index contributed by atoms with van der Waals surface area (Å²) >= 11 is 0. The van der Waals surface area contributed by atoms with Crippen molar-refractivity contribution in [1.29, 1.82) is 0 Å². The lowest BCUT2D eigenvalue weighted by Crippen LogP contribution is -2.48. The zero-order valence-electron chi connectivity index (χ0n) is 15.8. The number of nitrogens with one attached hydrogen (secondary N) is 3. The minimum Gasteiger partial charge on any atom is -0.494 e. The van der Waals surface area contributed by atoms with Gasteiger partial charge in [-0.1, -0.05) is 19.1 Å². The summed E-state index contributed by atoms with van der Waals surface area (Å²) in [7, 11) is 1.68. The van der Waals surface area contributed by atoms with Crippen LogP contribution >= 0.6 is 24.0 Å². The Labute approximate surface area is 168 Å². The topological polar surface area (TPSA) is 74.8 Å². The lowest BCUT2D eigenvalue weighted by molar-refractivity contribution is -0.121. The Hall–Kier alpha value is -1.51. The van der Waals surface area contributed by atoms with Crippen LogP contribution in [0.5, 0.6) is 5.75 Å². The van der Waals surface area contributed by atoms with Gasteiger partial charge in [-0.3, -0.25) is 9.79 Å². The second kappa shape index (κ2) is 11.9. The van der Waals surface area contributed by atoms with Gasteiger partial charge in [0.05, 0.1) is 13.2 Å². The molecule has 0 saturated heterocycles. The minimum absolute atomic E-state index is 0. The molecule has 0 saturated carbocycles. The largest absolute Gasteiger partial charge is 0.494 e. The fourth-order valence-corrected chi connectivity index (χ4v) is 2.00. The maximum atomic E-state index is 11.8. The van der Waals surface area contributed by atoms with Crippen LogP contribution in [0.3, 0.4) is 0 Å². The van der Waals surface area contributed by atoms with E-state index in [1.807, 2.05) is 45.0 Å². The molecule has 0 spiro atoms. The minimum atomic E-state index is -0.241. The fourth-order valence-electron chi connectivity index (χ4n) is 2.00. The molecule has 0 fully saturated rings. The maximum absolute atomic E-state index is 11.8. The van der Waals surface area contributed by atoms with Crippen molar-refractivity contribution in [3.8, 4) is 5.75 Å². The van der Waals surface area contributed by atoms with Gasteiger partial charge in [-0.05, 0) is 44.9 Å². The number of amides is 1. The Morgan fingerprint density at radius 1 is 1.24 bits per heavy atom. The Bertz CT molecular complexity index is 556. The Balaban J connectivity index is 0.00000576. The van der Waals surface area contributed by atoms with Crippen molar-refractivity contribution >= 4 is 35.8 Å². The molecule has 0 aliphatic rings. The van der Waals surface area contributed by atoms with Crippen LogP contribution in [0.15, 0.2) is 29.3 Å². The van der Waals surface area contributed by atoms with E-state index in [4.69, 9.17) is 4.74 Å². The van der Waals surface area contributed by atoms with Crippen LogP contribution in [0.25, 0.3) is 0 Å². The van der Waals surface area contributed by atoms with Crippen LogP contribution in [0.2, 0.25) is 0 Å². The number of nitrogens with zero attached hydrogens (tertiary/aromatic N) is 1. The number of carbonyl (C=O) groups excluding carboxylic acids is 1. The van der Waals surface area contributed by atoms with E-state index >= 15 is 0 Å². The van der Waals surface area contributed by atoms with E-state index in [1.165, 1.54) is 0 Å². The molecule has 142 valence electrons. The summed E-state index contributed by atoms with van der Waals surface area (Å²) < 4.78 is 5.63. The Morgan fingerprint density at radius 2 is 1.96 bits per heavy atom. The quantitative estimate of drug-likeness (QED) is 0.331. The van der Waals surface area contributed by atoms with Crippen LogP contribution in [-0.2, 0) is 11.3 Å². The molecule has 7 heteroatoms. The summed E-state index contributed by atoms with van der Waals surface area (Å²) in [5, 5.41) is 9.10. The van der Waals surface area contributed by atoms with Crippen LogP contribution in [0.1, 0.15) is 39.7 Å². The smallest absolute Gasteiger partial charge is 0.239 e. The van der Waals surface area contributed by atoms with E-state index in [0.717, 1.165) is 17.7 Å². The van der Waals surface area contributed by atoms with Crippen LogP contribution in [0, 0.1) is 0 Å². The Kier molecular flexibility index (Phi) is 11.2. The molecule has 0 aromatic heterocycles. The summed E-state index contributed by atoms with van der Waals surface area (Å²) in [5.74, 6) is 1.38. The average Bonchev–Trinajstić information content (AvgIpc) is 2.52. The molecule has 1 amide bonds. The molecule has 1 aromatic carbocycles. The van der Waals surface area contributed by atoms with Gasteiger partial charge in [-0.2, -0.15) is 0 Å². The standard InChI is InChI=1S/C18H30N4O2.HI/c1-6-10-24-15-9-7-8-14(11-15)12-20-17(19-5)21-13-16(23)22-18(2,3)4;/h7-9,11H,6,10,12-13H2,1-5H3,(H,22,23)(H2,19,20,21);1H. The lowest BCUT2D eigenvalue weighted by atomic mass is 10.1. The summed E-state index contributed by atoms with van der Waals surface area (Å²) in [4.78, 5) is 16.0. The number of aliphatic imine (C=N–C) groups is 1. The predicted molar refractivity (Wildman–Crippen MR) is 114 cm³/mol. The van der Waals surface area contributed by atoms with E-state index in [9.17, 15) is 4.79 Å². The second-order valence-corrected chi connectivity index (χ2v) is 6.57. The zero-order valence-corrected chi connectivity index (χ0v) is 18.1. The number of rotatable bonds is 7. The number of benzene rings is 1. The summed E-state index contributed by atoms with van der Waals surface area (Å²) in [6, 6.07) is 7.94. The van der Waals surface area contributed by atoms with E-state index < -0.39 is 0 Å². The highest BCUT2D eigenvalue weighted by Gasteiger charge is 2.13. The van der Waals surface area contributed by atoms with E-state index in [2.05, 4.69) is 27.9 Å². The molecular formula is C18H31IN4O2. The average molecular weight is 462 g/mol. The van der Waals surface area contributed by atoms with Gasteiger partial charge in [-0.15, -0.1) is 24.0 Å². The molecule has 1 rings (SSSR count). The van der Waals surface area contributed by atoms with E-state index in [-0.39, 0.29) is 42.0 Å². The lowest BCUT2D eigenvalue weighted by Gasteiger charge is -2.21. The van der Waals surface area contributed by atoms with Crippen molar-refractivity contribution in [3.05, 3.63) is 29.8 Å². The van der Waals surface area contributed by atoms with Gasteiger partial charge in [0.1, 0.15) is 5.75 Å². The summed E-state index contributed by atoms with van der Waals surface area (Å²) in [6.45, 7) is 9.42. The fraction of sp³-hybridized carbons (Fsp3) is 0.556. The molecule has 0 aliphatic carbocycles. The third-order valence-corrected chi connectivity index (χ3v) is 2.99. The maximum Gasteiger partial charge on any atom is 0.239 e. The van der Waals surface area contributed by atoms with E-state index in [0.29, 0.717) is 19.1 Å². The van der Waals surface area contributed by atoms with Crippen molar-refractivity contribution in [3.63, 3.8) is 0 Å². The first-order valence-corrected chi connectivity index (χ1v) is 8.31. The highest BCUT2D eigenvalue weighted by atomic mass is 127. The first-order chi connectivity index (χ1) is 11.3. The third kappa shape index (κ3) is 10.9. The van der Waals surface area contributed by atoms with Crippen molar-refractivity contribution < 1.29 is 9.53 Å². The van der Waals surface area contributed by atoms with Gasteiger partial charge < -0.3 is 20.7 Å². The SMILES string of the molecule is CCCOc1cccc(CNC(=NC)NCC(=O)NC(C)(C)C)c1.I. The second-order valence-electron chi connectivity index (χ2n) is 6.57. The van der Waals surface area contributed by atoms with Crippen molar-refractivity contribution in [2.24, 2.45) is 4.99 Å². The van der Waals surface area contributed by atoms with Crippen LogP contribution < -0.4 is 20.7 Å². The highest BCUT2D eigenvalue weighted by Crippen LogP contribution is 2.13. The number of ether oxygens (including phenoxy) is 1. The summed E-state index contributed by atoms with van der Waals surface area (Å²) in [5.41, 5.74) is 0.847. The third-order valence-electron chi connectivity index (χ3n) is 2.99. The molecule has 0 bridgehead atoms. The van der Waals surface area contributed by atoms with Gasteiger partial charge in [0.2, 0.25) is 5.91 Å². The molecule has 0 atom stereocenters. The predicted octanol–water partition coefficient (Wildman–Crippen LogP) is 2.67. The van der Waals surface area contributed by atoms with Gasteiger partial charge >= 0.3 is 0 Å². The number of guanidine groups is 1. The molecule has 0 heterocycles. The molecule has 6 nitrogen and oxygen atoms in total. The number of hydrogen-bond acceptors (Lipinski definition) is 3. The van der Waals surface area contributed by atoms with Gasteiger partial charge in [0.15, 0.2) is 5.96 Å². The molecule has 0 aliphatic heterocycles. The highest BCUT2D eigenvalue weighted by molar-refractivity contribution is 14.0. The molecule has 0 radical (unpaired) electrons. The number of carbonyl (C=O) groups is 1. The summed E-state index contributed by atoms with van der Waals surface area (Å²) in [6.07, 6.45) is 0.982. The van der Waals surface area contributed by atoms with Crippen molar-refractivity contribution in [2.75, 3.05) is 20.2 Å². The van der Waals surface area contributed by atoms with Crippen molar-refractivity contribution in [1.82, 2.24) is 16.0 Å². The molecule has 1 aromatic rings. The van der Waals surface area contributed by atoms with Gasteiger partial charge in [0.25, 0.3) is 0 Å². The Morgan fingerprint density at radius 3 is 2.56 bits per heavy atom. The number of halogens is 1. The normalized spacial score (nSPS) is 11.3. The molecular weight excluding hydrogens is 431 g/mol. The van der Waals surface area contributed by atoms with Gasteiger partial charge in [0, 0.05) is 19.1 Å². The molecule has 3 N–H and O–H groups in total. The van der Waals surface area contributed by atoms with Crippen molar-refractivity contribution in [2.45, 2.75) is 46.2 Å². The van der Waals surface area contributed by atoms with Crippen LogP contribution in [0.4, 0.5) is 0 Å². The first-order valence-electron chi connectivity index (χ1n) is 8.31. The number of hydrogen-bond donors (Lipinski definition) is 3. The van der Waals surface area contributed by atoms with Crippen LogP contribution in [-0.4, -0.2) is 37.6 Å². The molecule has 25 heavy (non-hydrogen) atoms. The van der Waals surface area contributed by atoms with Gasteiger partial charge in [-0.25, -0.2) is 0 Å². The molecule has 0 unspecified atom stereocenters. The monoisotopic (exact) mass is 462 g/mol. The zero-order chi connectivity index (χ0) is 18.0. The first kappa shape index (κ1) is 23.5.